The molecule has 1 unspecified atom stereocenters. The molecule has 0 amide bonds. The molecule has 2 fully saturated rings. The van der Waals surface area contributed by atoms with Crippen LogP contribution in [0.15, 0.2) is 5.38 Å². The Morgan fingerprint density at radius 1 is 1.36 bits per heavy atom. The Morgan fingerprint density at radius 2 is 2.23 bits per heavy atom. The lowest BCUT2D eigenvalue weighted by Crippen LogP contribution is -2.36. The van der Waals surface area contributed by atoms with Crippen LogP contribution >= 0.6 is 11.3 Å². The highest BCUT2D eigenvalue weighted by Gasteiger charge is 2.23. The first-order valence-corrected chi connectivity index (χ1v) is 9.24. The van der Waals surface area contributed by atoms with E-state index in [1.807, 2.05) is 0 Å². The van der Waals surface area contributed by atoms with E-state index >= 15 is 0 Å². The van der Waals surface area contributed by atoms with Gasteiger partial charge in [-0.15, -0.1) is 11.3 Å². The molecule has 1 N–H and O–H groups in total. The molecule has 2 aliphatic rings. The predicted molar refractivity (Wildman–Crippen MR) is 86.0 cm³/mol. The molecule has 22 heavy (non-hydrogen) atoms. The quantitative estimate of drug-likeness (QED) is 0.780. The van der Waals surface area contributed by atoms with Gasteiger partial charge in [0.2, 0.25) is 0 Å². The fourth-order valence-electron chi connectivity index (χ4n) is 3.09. The number of hydrogen-bond acceptors (Lipinski definition) is 6. The topological polar surface area (TPSA) is 54.8 Å². The number of piperidine rings is 1. The van der Waals surface area contributed by atoms with Gasteiger partial charge < -0.3 is 14.6 Å². The largest absolute Gasteiger partial charge is 0.396 e. The summed E-state index contributed by atoms with van der Waals surface area (Å²) < 4.78 is 11.5. The number of aliphatic hydroxyl groups excluding tert-OH is 1. The van der Waals surface area contributed by atoms with E-state index in [1.165, 1.54) is 5.69 Å². The molecule has 0 aromatic carbocycles. The highest BCUT2D eigenvalue weighted by atomic mass is 32.1. The minimum atomic E-state index is 0.218. The maximum absolute atomic E-state index is 8.78. The Hall–Kier alpha value is -0.530. The van der Waals surface area contributed by atoms with Crippen LogP contribution in [0.1, 0.15) is 48.9 Å². The van der Waals surface area contributed by atoms with Crippen LogP contribution in [-0.2, 0) is 16.0 Å². The molecule has 3 heterocycles. The first kappa shape index (κ1) is 16.3. The molecular weight excluding hydrogens is 300 g/mol. The number of aromatic nitrogens is 1. The van der Waals surface area contributed by atoms with E-state index in [1.54, 1.807) is 11.3 Å². The van der Waals surface area contributed by atoms with Crippen LogP contribution in [-0.4, -0.2) is 54.0 Å². The summed E-state index contributed by atoms with van der Waals surface area (Å²) >= 11 is 1.74. The second kappa shape index (κ2) is 8.36. The number of aliphatic hydroxyl groups is 1. The smallest absolute Gasteiger partial charge is 0.122 e. The molecule has 0 spiro atoms. The van der Waals surface area contributed by atoms with Gasteiger partial charge in [-0.2, -0.15) is 0 Å². The first-order valence-electron chi connectivity index (χ1n) is 8.36. The van der Waals surface area contributed by atoms with Gasteiger partial charge in [0.1, 0.15) is 11.1 Å². The highest BCUT2D eigenvalue weighted by molar-refractivity contribution is 7.09. The first-order chi connectivity index (χ1) is 10.8. The van der Waals surface area contributed by atoms with E-state index < -0.39 is 0 Å². The van der Waals surface area contributed by atoms with Gasteiger partial charge >= 0.3 is 0 Å². The third-order valence-corrected chi connectivity index (χ3v) is 5.34. The summed E-state index contributed by atoms with van der Waals surface area (Å²) in [6.07, 6.45) is 5.77. The van der Waals surface area contributed by atoms with Crippen LogP contribution in [0, 0.1) is 0 Å². The van der Waals surface area contributed by atoms with Gasteiger partial charge in [-0.05, 0) is 32.1 Å². The van der Waals surface area contributed by atoms with Crippen LogP contribution in [0.5, 0.6) is 0 Å². The van der Waals surface area contributed by atoms with E-state index in [2.05, 4.69) is 10.3 Å². The van der Waals surface area contributed by atoms with Gasteiger partial charge in [0.05, 0.1) is 11.8 Å². The molecule has 1 aromatic rings. The number of thiazole rings is 1. The average molecular weight is 326 g/mol. The minimum Gasteiger partial charge on any atom is -0.396 e. The molecule has 3 rings (SSSR count). The predicted octanol–water partition coefficient (Wildman–Crippen LogP) is 2.36. The lowest BCUT2D eigenvalue weighted by atomic mass is 10.1. The molecular formula is C16H26N2O3S. The van der Waals surface area contributed by atoms with Crippen molar-refractivity contribution in [2.75, 3.05) is 32.9 Å². The van der Waals surface area contributed by atoms with Gasteiger partial charge in [-0.25, -0.2) is 4.98 Å². The maximum atomic E-state index is 8.78. The Bertz CT molecular complexity index is 440. The molecule has 0 radical (unpaired) electrons. The molecule has 0 aliphatic carbocycles. The van der Waals surface area contributed by atoms with Crippen molar-refractivity contribution in [2.45, 2.75) is 50.9 Å². The monoisotopic (exact) mass is 326 g/mol. The fraction of sp³-hybridized carbons (Fsp3) is 0.812. The van der Waals surface area contributed by atoms with Crippen molar-refractivity contribution in [1.29, 1.82) is 0 Å². The lowest BCUT2D eigenvalue weighted by molar-refractivity contribution is 0.000581. The zero-order chi connectivity index (χ0) is 15.2. The molecule has 0 saturated carbocycles. The standard InChI is InChI=1S/C16H26N2O3S/c19-8-2-10-20-14-4-6-18(7-5-14)11-13-12-22-16(17-13)15-3-1-9-21-15/h12,14-15,19H,1-11H2. The van der Waals surface area contributed by atoms with E-state index in [0.29, 0.717) is 12.7 Å². The van der Waals surface area contributed by atoms with Crippen molar-refractivity contribution in [2.24, 2.45) is 0 Å². The Labute approximate surface area is 136 Å². The van der Waals surface area contributed by atoms with Crippen molar-refractivity contribution in [3.8, 4) is 0 Å². The lowest BCUT2D eigenvalue weighted by Gasteiger charge is -2.31. The summed E-state index contributed by atoms with van der Waals surface area (Å²) in [7, 11) is 0. The number of rotatable bonds is 7. The Kier molecular flexibility index (Phi) is 6.20. The van der Waals surface area contributed by atoms with Gasteiger partial charge in [0.15, 0.2) is 0 Å². The van der Waals surface area contributed by atoms with E-state index in [-0.39, 0.29) is 12.7 Å². The number of nitrogens with zero attached hydrogens (tertiary/aromatic N) is 2. The van der Waals surface area contributed by atoms with Crippen molar-refractivity contribution in [3.63, 3.8) is 0 Å². The third kappa shape index (κ3) is 4.49. The van der Waals surface area contributed by atoms with Crippen molar-refractivity contribution >= 4 is 11.3 Å². The van der Waals surface area contributed by atoms with Gasteiger partial charge in [-0.1, -0.05) is 0 Å². The molecule has 6 heteroatoms. The number of hydrogen-bond donors (Lipinski definition) is 1. The zero-order valence-corrected chi connectivity index (χ0v) is 13.9. The normalized spacial score (nSPS) is 24.1. The summed E-state index contributed by atoms with van der Waals surface area (Å²) in [5.41, 5.74) is 1.18. The van der Waals surface area contributed by atoms with E-state index in [4.69, 9.17) is 19.6 Å². The molecule has 5 nitrogen and oxygen atoms in total. The van der Waals surface area contributed by atoms with Crippen molar-refractivity contribution in [3.05, 3.63) is 16.1 Å². The summed E-state index contributed by atoms with van der Waals surface area (Å²) in [5.74, 6) is 0. The molecule has 1 atom stereocenters. The average Bonchev–Trinajstić information content (AvgIpc) is 3.20. The zero-order valence-electron chi connectivity index (χ0n) is 13.1. The molecule has 2 aliphatic heterocycles. The molecule has 124 valence electrons. The summed E-state index contributed by atoms with van der Waals surface area (Å²) in [6, 6.07) is 0. The second-order valence-electron chi connectivity index (χ2n) is 6.10. The molecule has 2 saturated heterocycles. The van der Waals surface area contributed by atoms with E-state index in [0.717, 1.165) is 63.4 Å². The molecule has 0 bridgehead atoms. The second-order valence-corrected chi connectivity index (χ2v) is 6.99. The van der Waals surface area contributed by atoms with E-state index in [9.17, 15) is 0 Å². The number of ether oxygens (including phenoxy) is 2. The van der Waals surface area contributed by atoms with Crippen LogP contribution in [0.3, 0.4) is 0 Å². The van der Waals surface area contributed by atoms with Gasteiger partial charge in [0, 0.05) is 44.8 Å². The Morgan fingerprint density at radius 3 is 2.95 bits per heavy atom. The molecule has 1 aromatic heterocycles. The van der Waals surface area contributed by atoms with Crippen molar-refractivity contribution in [1.82, 2.24) is 9.88 Å². The summed E-state index contributed by atoms with van der Waals surface area (Å²) in [6.45, 7) is 4.84. The summed E-state index contributed by atoms with van der Waals surface area (Å²) in [4.78, 5) is 7.22. The third-order valence-electron chi connectivity index (χ3n) is 4.35. The van der Waals surface area contributed by atoms with Crippen LogP contribution < -0.4 is 0 Å². The highest BCUT2D eigenvalue weighted by Crippen LogP contribution is 2.31. The SMILES string of the molecule is OCCCOC1CCN(Cc2csc(C3CCCO3)n2)CC1. The van der Waals surface area contributed by atoms with Crippen LogP contribution in [0.25, 0.3) is 0 Å². The van der Waals surface area contributed by atoms with Crippen LogP contribution in [0.2, 0.25) is 0 Å². The van der Waals surface area contributed by atoms with Gasteiger partial charge in [-0.3, -0.25) is 4.90 Å². The van der Waals surface area contributed by atoms with Crippen LogP contribution in [0.4, 0.5) is 0 Å². The van der Waals surface area contributed by atoms with Crippen molar-refractivity contribution < 1.29 is 14.6 Å². The number of likely N-dealkylation sites (tertiary alicyclic amines) is 1. The maximum Gasteiger partial charge on any atom is 0.122 e. The minimum absolute atomic E-state index is 0.218. The summed E-state index contributed by atoms with van der Waals surface area (Å²) in [5, 5.41) is 12.1. The Balaban J connectivity index is 1.41. The van der Waals surface area contributed by atoms with Gasteiger partial charge in [0.25, 0.3) is 0 Å². The fourth-order valence-corrected chi connectivity index (χ4v) is 3.98.